The van der Waals surface area contributed by atoms with E-state index >= 15 is 0 Å². The maximum Gasteiger partial charge on any atom is 0.235 e. The first-order valence-corrected chi connectivity index (χ1v) is 10.5. The lowest BCUT2D eigenvalue weighted by Gasteiger charge is -2.21. The molecule has 1 amide bonds. The van der Waals surface area contributed by atoms with Crippen LogP contribution < -0.4 is 4.31 Å². The van der Waals surface area contributed by atoms with Crippen LogP contribution in [0.15, 0.2) is 24.3 Å². The van der Waals surface area contributed by atoms with E-state index in [4.69, 9.17) is 0 Å². The average Bonchev–Trinajstić information content (AvgIpc) is 3.13. The van der Waals surface area contributed by atoms with E-state index in [1.54, 1.807) is 4.31 Å². The molecule has 0 N–H and O–H groups in total. The molecular weight excluding hydrogens is 324 g/mol. The van der Waals surface area contributed by atoms with Gasteiger partial charge in [-0.25, -0.2) is 8.42 Å². The van der Waals surface area contributed by atoms with Gasteiger partial charge in [0, 0.05) is 32.0 Å². The molecule has 3 aliphatic rings. The molecule has 1 saturated carbocycles. The first kappa shape index (κ1) is 15.9. The molecule has 6 heteroatoms. The topological polar surface area (TPSA) is 57.7 Å². The predicted octanol–water partition coefficient (Wildman–Crippen LogP) is 2.34. The van der Waals surface area contributed by atoms with Crippen molar-refractivity contribution in [3.8, 4) is 0 Å². The van der Waals surface area contributed by atoms with Gasteiger partial charge in [-0.1, -0.05) is 18.2 Å². The number of amides is 1. The zero-order chi connectivity index (χ0) is 16.7. The first-order valence-electron chi connectivity index (χ1n) is 8.92. The number of nitrogens with zero attached hydrogens (tertiary/aromatic N) is 2. The standard InChI is InChI=1S/C18H24N2O3S/c21-18-6-3-10-19(18)11-9-15-12-20(17-5-2-1-4-16(15)17)24(22,23)13-14-7-8-14/h1-2,4-5,14-15H,3,6-13H2. The minimum atomic E-state index is -3.24. The molecule has 24 heavy (non-hydrogen) atoms. The largest absolute Gasteiger partial charge is 0.343 e. The Kier molecular flexibility index (Phi) is 4.03. The van der Waals surface area contributed by atoms with Gasteiger partial charge >= 0.3 is 0 Å². The number of carbonyl (C=O) groups excluding carboxylic acids is 1. The summed E-state index contributed by atoms with van der Waals surface area (Å²) in [5.41, 5.74) is 1.96. The van der Waals surface area contributed by atoms with E-state index in [2.05, 4.69) is 0 Å². The second-order valence-electron chi connectivity index (χ2n) is 7.28. The van der Waals surface area contributed by atoms with Gasteiger partial charge in [-0.3, -0.25) is 9.10 Å². The van der Waals surface area contributed by atoms with Crippen molar-refractivity contribution in [2.45, 2.75) is 38.0 Å². The fraction of sp³-hybridized carbons (Fsp3) is 0.611. The number of fused-ring (bicyclic) bond motifs is 1. The van der Waals surface area contributed by atoms with Crippen LogP contribution in [0.25, 0.3) is 0 Å². The second kappa shape index (κ2) is 6.06. The summed E-state index contributed by atoms with van der Waals surface area (Å²) >= 11 is 0. The molecule has 0 bridgehead atoms. The van der Waals surface area contributed by atoms with Gasteiger partial charge in [0.25, 0.3) is 0 Å². The van der Waals surface area contributed by atoms with Gasteiger partial charge < -0.3 is 4.90 Å². The van der Waals surface area contributed by atoms with Crippen LogP contribution in [0.2, 0.25) is 0 Å². The number of hydrogen-bond donors (Lipinski definition) is 0. The van der Waals surface area contributed by atoms with E-state index in [1.807, 2.05) is 29.2 Å². The zero-order valence-electron chi connectivity index (χ0n) is 13.9. The van der Waals surface area contributed by atoms with Crippen molar-refractivity contribution in [1.82, 2.24) is 4.90 Å². The Morgan fingerprint density at radius 2 is 1.96 bits per heavy atom. The third kappa shape index (κ3) is 3.04. The number of para-hydroxylation sites is 1. The Hall–Kier alpha value is -1.56. The van der Waals surface area contributed by atoms with E-state index in [0.29, 0.717) is 18.9 Å². The van der Waals surface area contributed by atoms with Crippen molar-refractivity contribution in [3.63, 3.8) is 0 Å². The molecule has 2 fully saturated rings. The SMILES string of the molecule is O=C1CCCN1CCC1CN(S(=O)(=O)CC2CC2)c2ccccc21. The summed E-state index contributed by atoms with van der Waals surface area (Å²) in [6.45, 7) is 2.10. The number of rotatable bonds is 6. The van der Waals surface area contributed by atoms with Gasteiger partial charge in [-0.05, 0) is 43.2 Å². The van der Waals surface area contributed by atoms with E-state index < -0.39 is 10.0 Å². The van der Waals surface area contributed by atoms with Crippen LogP contribution in [-0.2, 0) is 14.8 Å². The molecule has 1 unspecified atom stereocenters. The first-order chi connectivity index (χ1) is 11.5. The molecule has 2 heterocycles. The minimum absolute atomic E-state index is 0.184. The molecule has 0 radical (unpaired) electrons. The molecule has 130 valence electrons. The number of benzene rings is 1. The van der Waals surface area contributed by atoms with Crippen LogP contribution in [0.4, 0.5) is 5.69 Å². The summed E-state index contributed by atoms with van der Waals surface area (Å²) in [7, 11) is -3.24. The van der Waals surface area contributed by atoms with Crippen LogP contribution in [-0.4, -0.2) is 44.6 Å². The van der Waals surface area contributed by atoms with Gasteiger partial charge in [0.05, 0.1) is 11.4 Å². The smallest absolute Gasteiger partial charge is 0.235 e. The maximum absolute atomic E-state index is 12.8. The molecule has 0 spiro atoms. The highest BCUT2D eigenvalue weighted by molar-refractivity contribution is 7.92. The summed E-state index contributed by atoms with van der Waals surface area (Å²) in [4.78, 5) is 13.7. The Morgan fingerprint density at radius 3 is 2.67 bits per heavy atom. The van der Waals surface area contributed by atoms with Crippen LogP contribution in [0, 0.1) is 5.92 Å². The van der Waals surface area contributed by atoms with Gasteiger partial charge in [0.2, 0.25) is 15.9 Å². The summed E-state index contributed by atoms with van der Waals surface area (Å²) in [6, 6.07) is 7.84. The predicted molar refractivity (Wildman–Crippen MR) is 93.5 cm³/mol. The molecule has 1 atom stereocenters. The Morgan fingerprint density at radius 1 is 1.17 bits per heavy atom. The van der Waals surface area contributed by atoms with E-state index in [-0.39, 0.29) is 17.6 Å². The molecule has 1 aromatic rings. The van der Waals surface area contributed by atoms with Crippen LogP contribution >= 0.6 is 0 Å². The highest BCUT2D eigenvalue weighted by atomic mass is 32.2. The Bertz CT molecular complexity index is 742. The fourth-order valence-corrected chi connectivity index (χ4v) is 5.87. The van der Waals surface area contributed by atoms with Crippen molar-refractivity contribution in [3.05, 3.63) is 29.8 Å². The number of carbonyl (C=O) groups is 1. The quantitative estimate of drug-likeness (QED) is 0.793. The molecule has 1 aliphatic carbocycles. The molecule has 1 aromatic carbocycles. The number of hydrogen-bond acceptors (Lipinski definition) is 3. The molecule has 2 aliphatic heterocycles. The van der Waals surface area contributed by atoms with Gasteiger partial charge in [-0.15, -0.1) is 0 Å². The van der Waals surface area contributed by atoms with Crippen molar-refractivity contribution >= 4 is 21.6 Å². The van der Waals surface area contributed by atoms with Crippen molar-refractivity contribution in [2.75, 3.05) is 29.7 Å². The van der Waals surface area contributed by atoms with Crippen molar-refractivity contribution < 1.29 is 13.2 Å². The van der Waals surface area contributed by atoms with Crippen molar-refractivity contribution in [1.29, 1.82) is 0 Å². The molecule has 4 rings (SSSR count). The lowest BCUT2D eigenvalue weighted by atomic mass is 9.98. The fourth-order valence-electron chi connectivity index (χ4n) is 3.89. The van der Waals surface area contributed by atoms with Gasteiger partial charge in [0.15, 0.2) is 0 Å². The summed E-state index contributed by atoms with van der Waals surface area (Å²) < 4.78 is 27.2. The lowest BCUT2D eigenvalue weighted by Crippen LogP contribution is -2.33. The van der Waals surface area contributed by atoms with Crippen LogP contribution in [0.3, 0.4) is 0 Å². The monoisotopic (exact) mass is 348 g/mol. The summed E-state index contributed by atoms with van der Waals surface area (Å²) in [5, 5.41) is 0. The molecule has 1 saturated heterocycles. The third-order valence-electron chi connectivity index (χ3n) is 5.43. The number of likely N-dealkylation sites (tertiary alicyclic amines) is 1. The molecular formula is C18H24N2O3S. The third-order valence-corrected chi connectivity index (χ3v) is 7.34. The lowest BCUT2D eigenvalue weighted by molar-refractivity contribution is -0.127. The Balaban J connectivity index is 1.51. The molecule has 0 aromatic heterocycles. The van der Waals surface area contributed by atoms with Gasteiger partial charge in [-0.2, -0.15) is 0 Å². The van der Waals surface area contributed by atoms with E-state index in [9.17, 15) is 13.2 Å². The molecule has 5 nitrogen and oxygen atoms in total. The Labute approximate surface area is 143 Å². The van der Waals surface area contributed by atoms with Crippen LogP contribution in [0.1, 0.15) is 43.6 Å². The van der Waals surface area contributed by atoms with Gasteiger partial charge in [0.1, 0.15) is 0 Å². The normalized spacial score (nSPS) is 23.8. The van der Waals surface area contributed by atoms with E-state index in [0.717, 1.165) is 50.0 Å². The highest BCUT2D eigenvalue weighted by Crippen LogP contribution is 2.41. The van der Waals surface area contributed by atoms with Crippen LogP contribution in [0.5, 0.6) is 0 Å². The number of sulfonamides is 1. The minimum Gasteiger partial charge on any atom is -0.343 e. The summed E-state index contributed by atoms with van der Waals surface area (Å²) in [5.74, 6) is 1.05. The second-order valence-corrected chi connectivity index (χ2v) is 9.22. The highest BCUT2D eigenvalue weighted by Gasteiger charge is 2.38. The maximum atomic E-state index is 12.8. The average molecular weight is 348 g/mol. The number of anilines is 1. The zero-order valence-corrected chi connectivity index (χ0v) is 14.7. The van der Waals surface area contributed by atoms with E-state index in [1.165, 1.54) is 0 Å². The van der Waals surface area contributed by atoms with Crippen molar-refractivity contribution in [2.24, 2.45) is 5.92 Å². The summed E-state index contributed by atoms with van der Waals surface area (Å²) in [6.07, 6.45) is 4.51.